The third-order valence-electron chi connectivity index (χ3n) is 1.26. The quantitative estimate of drug-likeness (QED) is 0.373. The zero-order valence-electron chi connectivity index (χ0n) is 6.33. The molecule has 4 nitrogen and oxygen atoms in total. The first kappa shape index (κ1) is 9.84. The van der Waals surface area contributed by atoms with Crippen LogP contribution < -0.4 is 5.32 Å². The van der Waals surface area contributed by atoms with Crippen LogP contribution in [-0.2, 0) is 0 Å². The molecule has 0 heterocycles. The summed E-state index contributed by atoms with van der Waals surface area (Å²) in [5.41, 5.74) is -0.784. The smallest absolute Gasteiger partial charge is 0.102 e. The Kier molecular flexibility index (Phi) is 3.81. The zero-order valence-corrected chi connectivity index (χ0v) is 6.33. The van der Waals surface area contributed by atoms with Crippen molar-refractivity contribution < 1.29 is 15.3 Å². The summed E-state index contributed by atoms with van der Waals surface area (Å²) in [5.74, 6) is 0. The van der Waals surface area contributed by atoms with Crippen LogP contribution in [0.15, 0.2) is 0 Å². The number of aliphatic hydroxyl groups is 3. The highest BCUT2D eigenvalue weighted by molar-refractivity contribution is 4.81. The zero-order chi connectivity index (χ0) is 8.20. The molecule has 0 saturated carbocycles. The Balaban J connectivity index is 3.80. The van der Waals surface area contributed by atoms with Gasteiger partial charge in [-0.25, -0.2) is 0 Å². The number of nitrogens with one attached hydrogen (secondary N) is 1. The molecule has 0 spiro atoms. The summed E-state index contributed by atoms with van der Waals surface area (Å²) in [7, 11) is 0. The van der Waals surface area contributed by atoms with Gasteiger partial charge in [0.15, 0.2) is 0 Å². The van der Waals surface area contributed by atoms with Gasteiger partial charge in [-0.3, -0.25) is 5.32 Å². The van der Waals surface area contributed by atoms with E-state index in [9.17, 15) is 0 Å². The van der Waals surface area contributed by atoms with Gasteiger partial charge in [0.05, 0.1) is 18.8 Å². The molecular weight excluding hydrogens is 134 g/mol. The van der Waals surface area contributed by atoms with Crippen molar-refractivity contribution in [2.45, 2.75) is 25.6 Å². The second-order valence-electron chi connectivity index (χ2n) is 2.70. The highest BCUT2D eigenvalue weighted by Crippen LogP contribution is 2.00. The number of hydrogen-bond donors (Lipinski definition) is 4. The van der Waals surface area contributed by atoms with Crippen molar-refractivity contribution in [1.29, 1.82) is 0 Å². The molecule has 0 aromatic heterocycles. The summed E-state index contributed by atoms with van der Waals surface area (Å²) in [6.45, 7) is 2.76. The maximum Gasteiger partial charge on any atom is 0.102 e. The molecule has 0 aromatic carbocycles. The number of rotatable bonds is 4. The van der Waals surface area contributed by atoms with E-state index in [1.165, 1.54) is 6.92 Å². The molecule has 0 saturated heterocycles. The predicted octanol–water partition coefficient (Wildman–Crippen LogP) is -1.34. The average Bonchev–Trinajstić information content (AvgIpc) is 1.87. The van der Waals surface area contributed by atoms with Crippen molar-refractivity contribution in [2.75, 3.05) is 13.2 Å². The molecule has 0 bridgehead atoms. The first-order chi connectivity index (χ1) is 4.54. The lowest BCUT2D eigenvalue weighted by Gasteiger charge is -2.27. The van der Waals surface area contributed by atoms with E-state index < -0.39 is 11.8 Å². The van der Waals surface area contributed by atoms with Gasteiger partial charge in [0.2, 0.25) is 0 Å². The third-order valence-corrected chi connectivity index (χ3v) is 1.26. The van der Waals surface area contributed by atoms with Crippen molar-refractivity contribution in [1.82, 2.24) is 5.32 Å². The molecule has 0 aliphatic carbocycles. The highest BCUT2D eigenvalue weighted by atomic mass is 16.3. The van der Waals surface area contributed by atoms with E-state index in [-0.39, 0.29) is 13.2 Å². The summed E-state index contributed by atoms with van der Waals surface area (Å²) < 4.78 is 0. The van der Waals surface area contributed by atoms with Crippen molar-refractivity contribution in [3.63, 3.8) is 0 Å². The van der Waals surface area contributed by atoms with E-state index in [0.29, 0.717) is 0 Å². The van der Waals surface area contributed by atoms with Crippen LogP contribution in [0.1, 0.15) is 13.8 Å². The van der Waals surface area contributed by atoms with E-state index in [1.54, 1.807) is 6.92 Å². The van der Waals surface area contributed by atoms with Crippen LogP contribution in [0.4, 0.5) is 0 Å². The molecule has 1 atom stereocenters. The summed E-state index contributed by atoms with van der Waals surface area (Å²) >= 11 is 0. The third kappa shape index (κ3) is 3.12. The van der Waals surface area contributed by atoms with E-state index >= 15 is 0 Å². The van der Waals surface area contributed by atoms with E-state index in [1.807, 2.05) is 0 Å². The molecule has 1 unspecified atom stereocenters. The van der Waals surface area contributed by atoms with Crippen LogP contribution in [0.3, 0.4) is 0 Å². The lowest BCUT2D eigenvalue weighted by molar-refractivity contribution is 0.0435. The Morgan fingerprint density at radius 1 is 1.40 bits per heavy atom. The van der Waals surface area contributed by atoms with Gasteiger partial charge in [-0.2, -0.15) is 0 Å². The molecule has 0 aliphatic heterocycles. The minimum absolute atomic E-state index is 0.200. The normalized spacial score (nSPS) is 15.3. The molecule has 0 rings (SSSR count). The molecule has 4 heteroatoms. The molecule has 0 amide bonds. The Labute approximate surface area is 60.5 Å². The van der Waals surface area contributed by atoms with Crippen LogP contribution in [-0.4, -0.2) is 40.3 Å². The van der Waals surface area contributed by atoms with Gasteiger partial charge in [-0.15, -0.1) is 0 Å². The summed E-state index contributed by atoms with van der Waals surface area (Å²) in [4.78, 5) is 0. The minimum atomic E-state index is -0.784. The van der Waals surface area contributed by atoms with Gasteiger partial charge >= 0.3 is 0 Å². The van der Waals surface area contributed by atoms with Gasteiger partial charge < -0.3 is 15.3 Å². The lowest BCUT2D eigenvalue weighted by atomic mass is 10.1. The Morgan fingerprint density at radius 3 is 1.90 bits per heavy atom. The standard InChI is InChI=1S/C6H15NO3/c1-5(10)7-6(2,3-8)4-9/h5,7-10H,3-4H2,1-2H3. The van der Waals surface area contributed by atoms with Crippen molar-refractivity contribution in [3.8, 4) is 0 Å². The van der Waals surface area contributed by atoms with Gasteiger partial charge in [-0.05, 0) is 13.8 Å². The van der Waals surface area contributed by atoms with Crippen molar-refractivity contribution in [3.05, 3.63) is 0 Å². The maximum absolute atomic E-state index is 8.82. The molecule has 0 aromatic rings. The van der Waals surface area contributed by atoms with E-state index in [4.69, 9.17) is 15.3 Å². The minimum Gasteiger partial charge on any atom is -0.394 e. The van der Waals surface area contributed by atoms with E-state index in [0.717, 1.165) is 0 Å². The maximum atomic E-state index is 8.82. The lowest BCUT2D eigenvalue weighted by Crippen LogP contribution is -2.52. The van der Waals surface area contributed by atoms with E-state index in [2.05, 4.69) is 5.32 Å². The highest BCUT2D eigenvalue weighted by Gasteiger charge is 2.22. The van der Waals surface area contributed by atoms with Crippen molar-refractivity contribution in [2.24, 2.45) is 0 Å². The molecule has 0 fully saturated rings. The first-order valence-electron chi connectivity index (χ1n) is 3.21. The van der Waals surface area contributed by atoms with Crippen molar-refractivity contribution >= 4 is 0 Å². The molecule has 4 N–H and O–H groups in total. The van der Waals surface area contributed by atoms with Crippen LogP contribution in [0.2, 0.25) is 0 Å². The summed E-state index contributed by atoms with van der Waals surface area (Å²) in [6, 6.07) is 0. The molecule has 10 heavy (non-hydrogen) atoms. The topological polar surface area (TPSA) is 72.7 Å². The fraction of sp³-hybridized carbons (Fsp3) is 1.00. The van der Waals surface area contributed by atoms with Gasteiger partial charge in [0.25, 0.3) is 0 Å². The molecule has 0 radical (unpaired) electrons. The van der Waals surface area contributed by atoms with Crippen LogP contribution in [0.5, 0.6) is 0 Å². The summed E-state index contributed by atoms with van der Waals surface area (Å²) in [5, 5.41) is 28.8. The Morgan fingerprint density at radius 2 is 1.80 bits per heavy atom. The van der Waals surface area contributed by atoms with Gasteiger partial charge in [0, 0.05) is 0 Å². The predicted molar refractivity (Wildman–Crippen MR) is 37.4 cm³/mol. The largest absolute Gasteiger partial charge is 0.394 e. The molecule has 62 valence electrons. The Bertz CT molecular complexity index is 91.0. The average molecular weight is 149 g/mol. The molecule has 0 aliphatic rings. The van der Waals surface area contributed by atoms with Crippen LogP contribution >= 0.6 is 0 Å². The fourth-order valence-electron chi connectivity index (χ4n) is 0.646. The van der Waals surface area contributed by atoms with Gasteiger partial charge in [0.1, 0.15) is 6.23 Å². The fourth-order valence-corrected chi connectivity index (χ4v) is 0.646. The first-order valence-corrected chi connectivity index (χ1v) is 3.21. The summed E-state index contributed by atoms with van der Waals surface area (Å²) in [6.07, 6.45) is -0.718. The van der Waals surface area contributed by atoms with Crippen LogP contribution in [0.25, 0.3) is 0 Å². The molecular formula is C6H15NO3. The van der Waals surface area contributed by atoms with Crippen LogP contribution in [0, 0.1) is 0 Å². The SMILES string of the molecule is CC(O)NC(C)(CO)CO. The second kappa shape index (κ2) is 3.88. The van der Waals surface area contributed by atoms with Gasteiger partial charge in [-0.1, -0.05) is 0 Å². The number of aliphatic hydroxyl groups excluding tert-OH is 3. The number of hydrogen-bond acceptors (Lipinski definition) is 4. The monoisotopic (exact) mass is 149 g/mol. The Hall–Kier alpha value is -0.160. The second-order valence-corrected chi connectivity index (χ2v) is 2.70.